The van der Waals surface area contributed by atoms with Gasteiger partial charge in [-0.2, -0.15) is 0 Å². The van der Waals surface area contributed by atoms with Gasteiger partial charge in [-0.3, -0.25) is 4.79 Å². The van der Waals surface area contributed by atoms with Crippen molar-refractivity contribution in [2.45, 2.75) is 19.8 Å². The van der Waals surface area contributed by atoms with Crippen LogP contribution in [0.25, 0.3) is 0 Å². The fourth-order valence-corrected chi connectivity index (χ4v) is 2.06. The molecule has 1 N–H and O–H groups in total. The molecule has 0 aliphatic heterocycles. The number of rotatable bonds is 6. The standard InChI is InChI=1S/C13H14Cl2O5/c1-3-19-11(16)6-20-12-9(14)4-8(5-10(12)15)7(2)13(17)18/h4-5,7H,3,6H2,1-2H3,(H,17,18). The van der Waals surface area contributed by atoms with Gasteiger partial charge in [-0.1, -0.05) is 23.2 Å². The highest BCUT2D eigenvalue weighted by molar-refractivity contribution is 6.37. The number of aliphatic carboxylic acids is 1. The van der Waals surface area contributed by atoms with Gasteiger partial charge in [0.25, 0.3) is 0 Å². The van der Waals surface area contributed by atoms with Crippen molar-refractivity contribution in [1.29, 1.82) is 0 Å². The van der Waals surface area contributed by atoms with E-state index in [2.05, 4.69) is 0 Å². The summed E-state index contributed by atoms with van der Waals surface area (Å²) in [6.45, 7) is 3.13. The zero-order valence-corrected chi connectivity index (χ0v) is 12.5. The zero-order valence-electron chi connectivity index (χ0n) is 11.0. The lowest BCUT2D eigenvalue weighted by Crippen LogP contribution is -2.15. The van der Waals surface area contributed by atoms with Crippen molar-refractivity contribution in [3.8, 4) is 5.75 Å². The molecule has 0 amide bonds. The Kier molecular flexibility index (Phi) is 6.10. The number of carbonyl (C=O) groups is 2. The van der Waals surface area contributed by atoms with E-state index in [1.165, 1.54) is 19.1 Å². The fourth-order valence-electron chi connectivity index (χ4n) is 1.44. The summed E-state index contributed by atoms with van der Waals surface area (Å²) in [4.78, 5) is 22.1. The van der Waals surface area contributed by atoms with Crippen LogP contribution in [-0.4, -0.2) is 30.3 Å². The summed E-state index contributed by atoms with van der Waals surface area (Å²) in [5.41, 5.74) is 0.455. The highest BCUT2D eigenvalue weighted by Crippen LogP contribution is 2.36. The van der Waals surface area contributed by atoms with Crippen LogP contribution in [0.3, 0.4) is 0 Å². The lowest BCUT2D eigenvalue weighted by molar-refractivity contribution is -0.145. The van der Waals surface area contributed by atoms with Crippen molar-refractivity contribution in [3.63, 3.8) is 0 Å². The molecule has 0 spiro atoms. The Labute approximate surface area is 126 Å². The zero-order chi connectivity index (χ0) is 15.3. The molecule has 0 aromatic heterocycles. The Morgan fingerprint density at radius 3 is 2.30 bits per heavy atom. The first-order valence-electron chi connectivity index (χ1n) is 5.87. The van der Waals surface area contributed by atoms with Gasteiger partial charge in [0, 0.05) is 0 Å². The average molecular weight is 321 g/mol. The van der Waals surface area contributed by atoms with Crippen LogP contribution in [0, 0.1) is 0 Å². The van der Waals surface area contributed by atoms with Gasteiger partial charge in [0.2, 0.25) is 0 Å². The molecule has 0 saturated carbocycles. The first-order chi connectivity index (χ1) is 9.36. The number of ether oxygens (including phenoxy) is 2. The maximum Gasteiger partial charge on any atom is 0.344 e. The topological polar surface area (TPSA) is 72.8 Å². The van der Waals surface area contributed by atoms with Crippen molar-refractivity contribution in [2.75, 3.05) is 13.2 Å². The second-order valence-corrected chi connectivity index (χ2v) is 4.78. The number of carboxylic acids is 1. The lowest BCUT2D eigenvalue weighted by Gasteiger charge is -2.13. The van der Waals surface area contributed by atoms with E-state index in [9.17, 15) is 9.59 Å². The van der Waals surface area contributed by atoms with Crippen LogP contribution < -0.4 is 4.74 Å². The smallest absolute Gasteiger partial charge is 0.344 e. The van der Waals surface area contributed by atoms with Crippen LogP contribution in [0.5, 0.6) is 5.75 Å². The third-order valence-electron chi connectivity index (χ3n) is 2.53. The number of esters is 1. The van der Waals surface area contributed by atoms with Crippen molar-refractivity contribution in [3.05, 3.63) is 27.7 Å². The van der Waals surface area contributed by atoms with Crippen LogP contribution in [0.1, 0.15) is 25.3 Å². The molecule has 20 heavy (non-hydrogen) atoms. The van der Waals surface area contributed by atoms with Crippen LogP contribution in [-0.2, 0) is 14.3 Å². The van der Waals surface area contributed by atoms with Gasteiger partial charge < -0.3 is 14.6 Å². The number of hydrogen-bond acceptors (Lipinski definition) is 4. The largest absolute Gasteiger partial charge is 0.481 e. The number of carboxylic acid groups (broad SMARTS) is 1. The van der Waals surface area contributed by atoms with Crippen LogP contribution in [0.15, 0.2) is 12.1 Å². The number of benzene rings is 1. The summed E-state index contributed by atoms with van der Waals surface area (Å²) in [7, 11) is 0. The maximum atomic E-state index is 11.2. The van der Waals surface area contributed by atoms with Crippen LogP contribution in [0.4, 0.5) is 0 Å². The van der Waals surface area contributed by atoms with Crippen molar-refractivity contribution in [1.82, 2.24) is 0 Å². The molecule has 0 saturated heterocycles. The van der Waals surface area contributed by atoms with E-state index in [1.807, 2.05) is 0 Å². The maximum absolute atomic E-state index is 11.2. The predicted molar refractivity (Wildman–Crippen MR) is 74.6 cm³/mol. The van der Waals surface area contributed by atoms with Gasteiger partial charge in [-0.05, 0) is 31.5 Å². The lowest BCUT2D eigenvalue weighted by atomic mass is 10.0. The molecule has 0 fully saturated rings. The molecule has 1 rings (SSSR count). The molecule has 1 atom stereocenters. The minimum atomic E-state index is -0.989. The number of carbonyl (C=O) groups excluding carboxylic acids is 1. The molecule has 0 aliphatic carbocycles. The van der Waals surface area contributed by atoms with Gasteiger partial charge >= 0.3 is 11.9 Å². The highest BCUT2D eigenvalue weighted by atomic mass is 35.5. The summed E-state index contributed by atoms with van der Waals surface area (Å²) in [5, 5.41) is 9.23. The van der Waals surface area contributed by atoms with Gasteiger partial charge in [0.15, 0.2) is 12.4 Å². The molecule has 110 valence electrons. The number of hydrogen-bond donors (Lipinski definition) is 1. The Bertz CT molecular complexity index is 492. The molecule has 0 aliphatic rings. The average Bonchev–Trinajstić information content (AvgIpc) is 2.36. The SMILES string of the molecule is CCOC(=O)COc1c(Cl)cc(C(C)C(=O)O)cc1Cl. The Balaban J connectivity index is 2.89. The molecule has 1 aromatic rings. The van der Waals surface area contributed by atoms with E-state index < -0.39 is 17.9 Å². The summed E-state index contributed by atoms with van der Waals surface area (Å²) < 4.78 is 9.90. The van der Waals surface area contributed by atoms with Crippen molar-refractivity contribution >= 4 is 35.1 Å². The highest BCUT2D eigenvalue weighted by Gasteiger charge is 2.18. The second-order valence-electron chi connectivity index (χ2n) is 3.97. The van der Waals surface area contributed by atoms with Gasteiger partial charge in [-0.25, -0.2) is 4.79 Å². The van der Waals surface area contributed by atoms with E-state index >= 15 is 0 Å². The van der Waals surface area contributed by atoms with E-state index in [0.29, 0.717) is 5.56 Å². The van der Waals surface area contributed by atoms with Crippen molar-refractivity contribution in [2.24, 2.45) is 0 Å². The third kappa shape index (κ3) is 4.28. The fraction of sp³-hybridized carbons (Fsp3) is 0.385. The monoisotopic (exact) mass is 320 g/mol. The predicted octanol–water partition coefficient (Wildman–Crippen LogP) is 3.12. The molecular weight excluding hydrogens is 307 g/mol. The molecule has 5 nitrogen and oxygen atoms in total. The minimum Gasteiger partial charge on any atom is -0.481 e. The van der Waals surface area contributed by atoms with Gasteiger partial charge in [0.05, 0.1) is 22.6 Å². The Morgan fingerprint density at radius 1 is 1.30 bits per heavy atom. The first kappa shape index (κ1) is 16.6. The van der Waals surface area contributed by atoms with E-state index in [0.717, 1.165) is 0 Å². The van der Waals surface area contributed by atoms with Gasteiger partial charge in [0.1, 0.15) is 0 Å². The molecule has 0 heterocycles. The summed E-state index contributed by atoms with van der Waals surface area (Å²) in [6.07, 6.45) is 0. The normalized spacial score (nSPS) is 11.8. The Morgan fingerprint density at radius 2 is 1.85 bits per heavy atom. The van der Waals surface area contributed by atoms with Gasteiger partial charge in [-0.15, -0.1) is 0 Å². The number of halogens is 2. The Hall–Kier alpha value is -1.46. The summed E-state index contributed by atoms with van der Waals surface area (Å²) in [6, 6.07) is 2.90. The van der Waals surface area contributed by atoms with Crippen LogP contribution >= 0.6 is 23.2 Å². The first-order valence-corrected chi connectivity index (χ1v) is 6.62. The molecule has 7 heteroatoms. The molecule has 0 bridgehead atoms. The molecule has 0 radical (unpaired) electrons. The van der Waals surface area contributed by atoms with E-state index in [4.69, 9.17) is 37.8 Å². The summed E-state index contributed by atoms with van der Waals surface area (Å²) in [5.74, 6) is -2.15. The third-order valence-corrected chi connectivity index (χ3v) is 3.09. The van der Waals surface area contributed by atoms with Crippen molar-refractivity contribution < 1.29 is 24.2 Å². The summed E-state index contributed by atoms with van der Waals surface area (Å²) >= 11 is 12.0. The quantitative estimate of drug-likeness (QED) is 0.815. The molecule has 1 aromatic carbocycles. The minimum absolute atomic E-state index is 0.128. The van der Waals surface area contributed by atoms with E-state index in [1.54, 1.807) is 6.92 Å². The second kappa shape index (κ2) is 7.36. The molecular formula is C13H14Cl2O5. The van der Waals surface area contributed by atoms with Crippen LogP contribution in [0.2, 0.25) is 10.0 Å². The van der Waals surface area contributed by atoms with E-state index in [-0.39, 0.29) is 29.0 Å². The molecule has 1 unspecified atom stereocenters.